The Morgan fingerprint density at radius 1 is 1.24 bits per heavy atom. The maximum Gasteiger partial charge on any atom is 0.272 e. The first-order chi connectivity index (χ1) is 12.2. The second-order valence-corrected chi connectivity index (χ2v) is 6.27. The van der Waals surface area contributed by atoms with Gasteiger partial charge in [-0.2, -0.15) is 10.2 Å². The molecule has 2 N–H and O–H groups in total. The van der Waals surface area contributed by atoms with E-state index in [0.717, 1.165) is 26.1 Å². The minimum atomic E-state index is -0.254. The first-order valence-electron chi connectivity index (χ1n) is 7.45. The van der Waals surface area contributed by atoms with Crippen LogP contribution >= 0.6 is 22.6 Å². The van der Waals surface area contributed by atoms with Gasteiger partial charge < -0.3 is 4.74 Å². The van der Waals surface area contributed by atoms with Crippen LogP contribution in [0.3, 0.4) is 0 Å². The van der Waals surface area contributed by atoms with Gasteiger partial charge in [0.15, 0.2) is 0 Å². The molecule has 0 aliphatic rings. The van der Waals surface area contributed by atoms with Crippen molar-refractivity contribution < 1.29 is 9.53 Å². The van der Waals surface area contributed by atoms with Crippen LogP contribution in [-0.2, 0) is 0 Å². The lowest BCUT2D eigenvalue weighted by Crippen LogP contribution is -2.18. The minimum absolute atomic E-state index is 0.254. The second kappa shape index (κ2) is 7.93. The number of ether oxygens (including phenoxy) is 1. The van der Waals surface area contributed by atoms with E-state index < -0.39 is 0 Å². The number of carbonyl (C=O) groups excluding carboxylic acids is 1. The molecule has 0 saturated heterocycles. The number of rotatable bonds is 5. The maximum absolute atomic E-state index is 12.2. The molecule has 0 atom stereocenters. The van der Waals surface area contributed by atoms with E-state index in [1.54, 1.807) is 25.6 Å². The van der Waals surface area contributed by atoms with E-state index in [4.69, 9.17) is 4.74 Å². The van der Waals surface area contributed by atoms with Gasteiger partial charge >= 0.3 is 0 Å². The summed E-state index contributed by atoms with van der Waals surface area (Å²) in [5.74, 6) is 0.527. The maximum atomic E-state index is 12.2. The highest BCUT2D eigenvalue weighted by atomic mass is 127. The molecule has 3 aromatic rings. The van der Waals surface area contributed by atoms with Crippen molar-refractivity contribution in [2.24, 2.45) is 5.10 Å². The number of H-pyrrole nitrogens is 1. The molecule has 25 heavy (non-hydrogen) atoms. The van der Waals surface area contributed by atoms with Crippen molar-refractivity contribution in [3.05, 3.63) is 69.4 Å². The largest absolute Gasteiger partial charge is 0.497 e. The lowest BCUT2D eigenvalue weighted by Gasteiger charge is -2.03. The van der Waals surface area contributed by atoms with Crippen molar-refractivity contribution in [2.45, 2.75) is 0 Å². The lowest BCUT2D eigenvalue weighted by atomic mass is 10.1. The van der Waals surface area contributed by atoms with Gasteiger partial charge in [0.05, 0.1) is 30.8 Å². The minimum Gasteiger partial charge on any atom is -0.497 e. The molecule has 0 aliphatic heterocycles. The van der Waals surface area contributed by atoms with Crippen LogP contribution in [0.1, 0.15) is 15.9 Å². The molecule has 2 aromatic carbocycles. The average Bonchev–Trinajstić information content (AvgIpc) is 3.10. The standard InChI is InChI=1S/C18H15IN4O2/c1-25-14-8-6-12(7-9-14)17-13(10-20-22-17)11-21-23-18(24)15-4-2-3-5-16(15)19/h2-11H,1H3,(H,20,22)(H,23,24). The third-order valence-electron chi connectivity index (χ3n) is 3.54. The van der Waals surface area contributed by atoms with Gasteiger partial charge in [-0.3, -0.25) is 9.89 Å². The number of nitrogens with one attached hydrogen (secondary N) is 2. The molecule has 0 aliphatic carbocycles. The number of methoxy groups -OCH3 is 1. The molecule has 0 radical (unpaired) electrons. The molecule has 0 bridgehead atoms. The molecule has 0 saturated carbocycles. The van der Waals surface area contributed by atoms with Crippen molar-refractivity contribution in [3.8, 4) is 17.0 Å². The topological polar surface area (TPSA) is 79.4 Å². The Balaban J connectivity index is 1.73. The van der Waals surface area contributed by atoms with Gasteiger partial charge in [0.2, 0.25) is 0 Å². The van der Waals surface area contributed by atoms with Gasteiger partial charge in [-0.1, -0.05) is 12.1 Å². The highest BCUT2D eigenvalue weighted by Crippen LogP contribution is 2.22. The Hall–Kier alpha value is -2.68. The third kappa shape index (κ3) is 4.05. The Labute approximate surface area is 158 Å². The van der Waals surface area contributed by atoms with Gasteiger partial charge in [0.1, 0.15) is 5.75 Å². The predicted molar refractivity (Wildman–Crippen MR) is 105 cm³/mol. The van der Waals surface area contributed by atoms with Crippen LogP contribution in [0.2, 0.25) is 0 Å². The Kier molecular flexibility index (Phi) is 5.44. The molecule has 1 heterocycles. The van der Waals surface area contributed by atoms with E-state index in [9.17, 15) is 4.79 Å². The molecular weight excluding hydrogens is 431 g/mol. The van der Waals surface area contributed by atoms with Gasteiger partial charge in [-0.05, 0) is 59.0 Å². The summed E-state index contributed by atoms with van der Waals surface area (Å²) in [5.41, 5.74) is 5.66. The van der Waals surface area contributed by atoms with Gasteiger partial charge in [0, 0.05) is 14.7 Å². The summed E-state index contributed by atoms with van der Waals surface area (Å²) in [4.78, 5) is 12.2. The Morgan fingerprint density at radius 2 is 2.00 bits per heavy atom. The lowest BCUT2D eigenvalue weighted by molar-refractivity contribution is 0.0954. The number of halogens is 1. The second-order valence-electron chi connectivity index (χ2n) is 5.11. The molecule has 0 fully saturated rings. The molecule has 1 aromatic heterocycles. The van der Waals surface area contributed by atoms with E-state index in [1.165, 1.54) is 0 Å². The fourth-order valence-corrected chi connectivity index (χ4v) is 2.88. The van der Waals surface area contributed by atoms with E-state index >= 15 is 0 Å². The summed E-state index contributed by atoms with van der Waals surface area (Å²) in [6.45, 7) is 0. The summed E-state index contributed by atoms with van der Waals surface area (Å²) >= 11 is 2.12. The number of benzene rings is 2. The van der Waals surface area contributed by atoms with Crippen LogP contribution in [0.15, 0.2) is 59.8 Å². The van der Waals surface area contributed by atoms with Crippen LogP contribution in [-0.4, -0.2) is 29.4 Å². The monoisotopic (exact) mass is 446 g/mol. The van der Waals surface area contributed by atoms with Crippen molar-refractivity contribution >= 4 is 34.7 Å². The normalized spacial score (nSPS) is 10.8. The van der Waals surface area contributed by atoms with Gasteiger partial charge in [-0.25, -0.2) is 5.43 Å². The van der Waals surface area contributed by atoms with Crippen LogP contribution in [0.4, 0.5) is 0 Å². The first kappa shape index (κ1) is 17.2. The van der Waals surface area contributed by atoms with Crippen molar-refractivity contribution in [1.29, 1.82) is 0 Å². The molecule has 1 amide bonds. The first-order valence-corrected chi connectivity index (χ1v) is 8.52. The molecule has 0 spiro atoms. The number of hydrazone groups is 1. The van der Waals surface area contributed by atoms with Crippen molar-refractivity contribution in [2.75, 3.05) is 7.11 Å². The quantitative estimate of drug-likeness (QED) is 0.358. The number of hydrogen-bond acceptors (Lipinski definition) is 4. The Bertz CT molecular complexity index is 903. The summed E-state index contributed by atoms with van der Waals surface area (Å²) in [6.07, 6.45) is 3.22. The molecule has 7 heteroatoms. The van der Waals surface area contributed by atoms with Gasteiger partial charge in [0.25, 0.3) is 5.91 Å². The zero-order chi connectivity index (χ0) is 17.6. The number of nitrogens with zero attached hydrogens (tertiary/aromatic N) is 2. The smallest absolute Gasteiger partial charge is 0.272 e. The number of amides is 1. The van der Waals surface area contributed by atoms with Crippen LogP contribution < -0.4 is 10.2 Å². The summed E-state index contributed by atoms with van der Waals surface area (Å²) < 4.78 is 6.03. The molecule has 6 nitrogen and oxygen atoms in total. The molecular formula is C18H15IN4O2. The van der Waals surface area contributed by atoms with Crippen LogP contribution in [0.25, 0.3) is 11.3 Å². The highest BCUT2D eigenvalue weighted by Gasteiger charge is 2.09. The number of hydrogen-bond donors (Lipinski definition) is 2. The van der Waals surface area contributed by atoms with Crippen LogP contribution in [0, 0.1) is 3.57 Å². The van der Waals surface area contributed by atoms with Crippen molar-refractivity contribution in [1.82, 2.24) is 15.6 Å². The summed E-state index contributed by atoms with van der Waals surface area (Å²) in [7, 11) is 1.62. The average molecular weight is 446 g/mol. The zero-order valence-electron chi connectivity index (χ0n) is 13.4. The SMILES string of the molecule is COc1ccc(-c2[nH]ncc2C=NNC(=O)c2ccccc2I)cc1. The predicted octanol–water partition coefficient (Wildman–Crippen LogP) is 3.45. The number of aromatic nitrogens is 2. The molecule has 0 unspecified atom stereocenters. The third-order valence-corrected chi connectivity index (χ3v) is 4.48. The number of carbonyl (C=O) groups is 1. The van der Waals surface area contributed by atoms with E-state index in [-0.39, 0.29) is 5.91 Å². The zero-order valence-corrected chi connectivity index (χ0v) is 15.5. The van der Waals surface area contributed by atoms with E-state index in [0.29, 0.717) is 5.56 Å². The fourth-order valence-electron chi connectivity index (χ4n) is 2.25. The molecule has 3 rings (SSSR count). The van der Waals surface area contributed by atoms with Crippen LogP contribution in [0.5, 0.6) is 5.75 Å². The van der Waals surface area contributed by atoms with Gasteiger partial charge in [-0.15, -0.1) is 0 Å². The van der Waals surface area contributed by atoms with E-state index in [1.807, 2.05) is 42.5 Å². The highest BCUT2D eigenvalue weighted by molar-refractivity contribution is 14.1. The number of aromatic amines is 1. The fraction of sp³-hybridized carbons (Fsp3) is 0.0556. The summed E-state index contributed by atoms with van der Waals surface area (Å²) in [5, 5.41) is 11.0. The molecule has 126 valence electrons. The summed E-state index contributed by atoms with van der Waals surface area (Å²) in [6, 6.07) is 14.9. The van der Waals surface area contributed by atoms with E-state index in [2.05, 4.69) is 43.3 Å². The van der Waals surface area contributed by atoms with Crippen molar-refractivity contribution in [3.63, 3.8) is 0 Å². The Morgan fingerprint density at radius 3 is 2.72 bits per heavy atom.